The molecular formula is C31H39N3O7. The minimum Gasteiger partial charge on any atom is -0.467 e. The molecule has 1 aliphatic rings. The third-order valence-electron chi connectivity index (χ3n) is 5.76. The van der Waals surface area contributed by atoms with Crippen molar-refractivity contribution in [1.29, 1.82) is 0 Å². The van der Waals surface area contributed by atoms with Crippen molar-refractivity contribution in [1.82, 2.24) is 15.9 Å². The fourth-order valence-corrected chi connectivity index (χ4v) is 3.74. The van der Waals surface area contributed by atoms with Gasteiger partial charge in [-0.25, -0.2) is 0 Å². The summed E-state index contributed by atoms with van der Waals surface area (Å²) in [5.41, 5.74) is 5.86. The Kier molecular flexibility index (Phi) is 10.7. The first-order chi connectivity index (χ1) is 19.2. The molecule has 220 valence electrons. The summed E-state index contributed by atoms with van der Waals surface area (Å²) in [6.07, 6.45) is 1.48. The lowest BCUT2D eigenvalue weighted by molar-refractivity contribution is -0.150. The molecule has 2 atom stereocenters. The number of ketones is 3. The van der Waals surface area contributed by atoms with E-state index in [4.69, 9.17) is 14.4 Å². The first-order valence-electron chi connectivity index (χ1n) is 13.5. The van der Waals surface area contributed by atoms with Crippen LogP contribution in [-0.2, 0) is 46.4 Å². The zero-order valence-electron chi connectivity index (χ0n) is 24.4. The summed E-state index contributed by atoms with van der Waals surface area (Å²) in [5, 5.41) is 0. The van der Waals surface area contributed by atoms with Gasteiger partial charge in [-0.3, -0.25) is 33.8 Å². The Balaban J connectivity index is 1.74. The number of ether oxygens (including phenoxy) is 1. The lowest BCUT2D eigenvalue weighted by Gasteiger charge is -2.25. The van der Waals surface area contributed by atoms with E-state index >= 15 is 0 Å². The first kappa shape index (κ1) is 31.8. The summed E-state index contributed by atoms with van der Waals surface area (Å²) < 4.78 is 5.40. The van der Waals surface area contributed by atoms with Gasteiger partial charge in [-0.15, -0.1) is 0 Å². The van der Waals surface area contributed by atoms with Crippen LogP contribution in [0, 0.1) is 0 Å². The fourth-order valence-electron chi connectivity index (χ4n) is 3.74. The van der Waals surface area contributed by atoms with Crippen LogP contribution >= 0.6 is 0 Å². The molecule has 1 amide bonds. The molecule has 2 aromatic carbocycles. The highest BCUT2D eigenvalue weighted by Gasteiger charge is 2.37. The van der Waals surface area contributed by atoms with E-state index in [2.05, 4.69) is 11.0 Å². The molecule has 0 unspecified atom stereocenters. The van der Waals surface area contributed by atoms with Crippen molar-refractivity contribution in [3.63, 3.8) is 0 Å². The number of nitrogens with zero attached hydrogens (tertiary/aromatic N) is 1. The third kappa shape index (κ3) is 10.0. The number of hydrogen-bond donors (Lipinski definition) is 2. The molecule has 2 N–H and O–H groups in total. The average Bonchev–Trinajstić information content (AvgIpc) is 3.42. The molecule has 0 fully saturated rings. The van der Waals surface area contributed by atoms with E-state index in [-0.39, 0.29) is 25.3 Å². The highest BCUT2D eigenvalue weighted by atomic mass is 16.7. The third-order valence-corrected chi connectivity index (χ3v) is 5.76. The van der Waals surface area contributed by atoms with Crippen molar-refractivity contribution in [3.05, 3.63) is 83.7 Å². The zero-order valence-corrected chi connectivity index (χ0v) is 24.4. The van der Waals surface area contributed by atoms with Gasteiger partial charge >= 0.3 is 0 Å². The van der Waals surface area contributed by atoms with E-state index in [0.717, 1.165) is 22.2 Å². The Hall–Kier alpha value is -3.70. The minimum absolute atomic E-state index is 0.191. The van der Waals surface area contributed by atoms with Gasteiger partial charge in [0.25, 0.3) is 11.7 Å². The van der Waals surface area contributed by atoms with Crippen LogP contribution in [-0.4, -0.2) is 58.2 Å². The maximum atomic E-state index is 13.3. The fraction of sp³-hybridized carbons (Fsp3) is 0.419. The molecule has 3 rings (SSSR count). The van der Waals surface area contributed by atoms with Crippen molar-refractivity contribution in [2.24, 2.45) is 0 Å². The summed E-state index contributed by atoms with van der Waals surface area (Å²) in [5.74, 6) is -3.74. The number of Topliss-reactive ketones (excluding diaryl/α,β-unsaturated/α-hetero) is 3. The standard InChI is InChI=1S/C31H39N3O7/c1-30(2,3)40-32-23(17-21-13-9-7-10-14-21)26(35)28(37)25-19-34(20-39-25)29(38)27(36)24(33-41-31(4,5)6)18-22-15-11-8-12-16-22/h7-16,19,23-24,32-33H,17-18,20H2,1-6H3/t23-,24-/m0/s1. The van der Waals surface area contributed by atoms with Crippen LogP contribution in [0.1, 0.15) is 52.7 Å². The molecule has 0 saturated carbocycles. The summed E-state index contributed by atoms with van der Waals surface area (Å²) in [6, 6.07) is 16.4. The molecule has 0 aromatic heterocycles. The van der Waals surface area contributed by atoms with Crippen LogP contribution in [0.25, 0.3) is 0 Å². The van der Waals surface area contributed by atoms with Gasteiger partial charge in [-0.2, -0.15) is 11.0 Å². The van der Waals surface area contributed by atoms with Gasteiger partial charge in [0.15, 0.2) is 12.5 Å². The van der Waals surface area contributed by atoms with E-state index in [0.29, 0.717) is 0 Å². The molecule has 0 bridgehead atoms. The van der Waals surface area contributed by atoms with E-state index in [1.807, 2.05) is 81.4 Å². The number of hydroxylamine groups is 2. The van der Waals surface area contributed by atoms with Gasteiger partial charge in [0.2, 0.25) is 11.6 Å². The molecule has 0 saturated heterocycles. The van der Waals surface area contributed by atoms with Gasteiger partial charge in [-0.05, 0) is 65.5 Å². The monoisotopic (exact) mass is 565 g/mol. The second-order valence-electron chi connectivity index (χ2n) is 11.7. The van der Waals surface area contributed by atoms with Crippen molar-refractivity contribution in [2.45, 2.75) is 77.7 Å². The van der Waals surface area contributed by atoms with Gasteiger partial charge in [0.1, 0.15) is 12.1 Å². The molecule has 41 heavy (non-hydrogen) atoms. The van der Waals surface area contributed by atoms with Crippen LogP contribution in [0.3, 0.4) is 0 Å². The Labute approximate surface area is 240 Å². The van der Waals surface area contributed by atoms with Crippen molar-refractivity contribution >= 4 is 23.3 Å². The lowest BCUT2D eigenvalue weighted by atomic mass is 10.00. The largest absolute Gasteiger partial charge is 0.467 e. The molecule has 2 aromatic rings. The summed E-state index contributed by atoms with van der Waals surface area (Å²) >= 11 is 0. The number of hydrogen-bond acceptors (Lipinski definition) is 9. The smallest absolute Gasteiger partial charge is 0.298 e. The minimum atomic E-state index is -1.01. The van der Waals surface area contributed by atoms with Crippen molar-refractivity contribution < 1.29 is 33.6 Å². The topological polar surface area (TPSA) is 123 Å². The van der Waals surface area contributed by atoms with Crippen molar-refractivity contribution in [2.75, 3.05) is 6.73 Å². The lowest BCUT2D eigenvalue weighted by Crippen LogP contribution is -2.48. The molecule has 1 aliphatic heterocycles. The molecule has 10 heteroatoms. The number of carbonyl (C=O) groups is 4. The van der Waals surface area contributed by atoms with Crippen LogP contribution in [0.2, 0.25) is 0 Å². The molecule has 1 heterocycles. The Morgan fingerprint density at radius 1 is 0.756 bits per heavy atom. The van der Waals surface area contributed by atoms with E-state index < -0.39 is 46.5 Å². The van der Waals surface area contributed by atoms with Gasteiger partial charge in [0, 0.05) is 0 Å². The highest BCUT2D eigenvalue weighted by Crippen LogP contribution is 2.17. The molecular weight excluding hydrogens is 526 g/mol. The Morgan fingerprint density at radius 2 is 1.20 bits per heavy atom. The second kappa shape index (κ2) is 13.8. The van der Waals surface area contributed by atoms with E-state index in [1.54, 1.807) is 20.8 Å². The van der Waals surface area contributed by atoms with Crippen LogP contribution in [0.15, 0.2) is 72.6 Å². The highest BCUT2D eigenvalue weighted by molar-refractivity contribution is 6.45. The molecule has 10 nitrogen and oxygen atoms in total. The summed E-state index contributed by atoms with van der Waals surface area (Å²) in [7, 11) is 0. The molecule has 0 radical (unpaired) electrons. The van der Waals surface area contributed by atoms with E-state index in [1.165, 1.54) is 0 Å². The maximum Gasteiger partial charge on any atom is 0.298 e. The maximum absolute atomic E-state index is 13.3. The summed E-state index contributed by atoms with van der Waals surface area (Å²) in [4.78, 5) is 65.0. The number of rotatable bonds is 13. The number of allylic oxidation sites excluding steroid dienone is 1. The SMILES string of the molecule is CC(C)(C)ON[C@@H](Cc1ccccc1)C(=O)C(=O)C1=CN(C(=O)C(=O)[C@H](Cc2ccccc2)NOC(C)(C)C)CO1. The van der Waals surface area contributed by atoms with Crippen LogP contribution < -0.4 is 11.0 Å². The molecule has 0 spiro atoms. The number of amides is 1. The Bertz CT molecular complexity index is 1250. The van der Waals surface area contributed by atoms with E-state index in [9.17, 15) is 19.2 Å². The first-order valence-corrected chi connectivity index (χ1v) is 13.5. The molecule has 0 aliphatic carbocycles. The number of benzene rings is 2. The zero-order chi connectivity index (χ0) is 30.2. The second-order valence-corrected chi connectivity index (χ2v) is 11.7. The predicted octanol–water partition coefficient (Wildman–Crippen LogP) is 3.21. The van der Waals surface area contributed by atoms with Crippen LogP contribution in [0.4, 0.5) is 0 Å². The van der Waals surface area contributed by atoms with Crippen molar-refractivity contribution in [3.8, 4) is 0 Å². The number of carbonyl (C=O) groups excluding carboxylic acids is 4. The average molecular weight is 566 g/mol. The number of nitrogens with one attached hydrogen (secondary N) is 2. The Morgan fingerprint density at radius 3 is 1.63 bits per heavy atom. The van der Waals surface area contributed by atoms with Gasteiger partial charge in [0.05, 0.1) is 17.4 Å². The predicted molar refractivity (Wildman–Crippen MR) is 152 cm³/mol. The quantitative estimate of drug-likeness (QED) is 0.278. The van der Waals surface area contributed by atoms with Gasteiger partial charge < -0.3 is 4.74 Å². The normalized spacial score (nSPS) is 15.1. The van der Waals surface area contributed by atoms with Gasteiger partial charge in [-0.1, -0.05) is 60.7 Å². The van der Waals surface area contributed by atoms with Crippen LogP contribution in [0.5, 0.6) is 0 Å². The summed E-state index contributed by atoms with van der Waals surface area (Å²) in [6.45, 7) is 10.5.